The van der Waals surface area contributed by atoms with E-state index in [2.05, 4.69) is 4.72 Å². The van der Waals surface area contributed by atoms with Gasteiger partial charge in [0.1, 0.15) is 4.90 Å². The third kappa shape index (κ3) is 4.44. The lowest BCUT2D eigenvalue weighted by Gasteiger charge is -2.21. The van der Waals surface area contributed by atoms with E-state index in [9.17, 15) is 17.2 Å². The predicted octanol–water partition coefficient (Wildman–Crippen LogP) is 1.37. The summed E-state index contributed by atoms with van der Waals surface area (Å²) in [6.07, 6.45) is 0. The van der Waals surface area contributed by atoms with Crippen molar-refractivity contribution in [1.82, 2.24) is 4.72 Å². The Kier molecular flexibility index (Phi) is 6.21. The van der Waals surface area contributed by atoms with Gasteiger partial charge in [-0.3, -0.25) is 0 Å². The largest absolute Gasteiger partial charge is 0.383 e. The molecule has 21 heavy (non-hydrogen) atoms. The molecule has 0 heterocycles. The van der Waals surface area contributed by atoms with E-state index < -0.39 is 32.6 Å². The zero-order valence-electron chi connectivity index (χ0n) is 12.2. The molecule has 0 aliphatic carbocycles. The topological polar surface area (TPSA) is 81.4 Å². The van der Waals surface area contributed by atoms with Gasteiger partial charge in [0, 0.05) is 19.7 Å². The summed E-state index contributed by atoms with van der Waals surface area (Å²) in [4.78, 5) is -0.746. The highest BCUT2D eigenvalue weighted by atomic mass is 32.2. The number of benzene rings is 1. The maximum absolute atomic E-state index is 13.8. The number of hydrogen-bond acceptors (Lipinski definition) is 4. The van der Waals surface area contributed by atoms with Crippen molar-refractivity contribution in [1.29, 1.82) is 0 Å². The smallest absolute Gasteiger partial charge is 0.243 e. The lowest BCUT2D eigenvalue weighted by molar-refractivity contribution is 0.157. The molecule has 1 aromatic carbocycles. The first kappa shape index (κ1) is 18.0. The first-order valence-electron chi connectivity index (χ1n) is 6.42. The fourth-order valence-electron chi connectivity index (χ4n) is 1.74. The molecule has 1 rings (SSSR count). The Morgan fingerprint density at radius 3 is 2.43 bits per heavy atom. The molecular formula is C13H20F2N2O3S. The maximum atomic E-state index is 13.8. The van der Waals surface area contributed by atoms with Gasteiger partial charge >= 0.3 is 0 Å². The number of ether oxygens (including phenoxy) is 1. The number of halogens is 2. The molecule has 1 aromatic rings. The van der Waals surface area contributed by atoms with E-state index in [0.717, 1.165) is 12.1 Å². The standard InChI is InChI=1S/C13H20F2N2O3S/c1-8(2)11(7-20-3)17-21(18,19)12-5-9(6-16)4-10(14)13(12)15/h4-5,8,11,17H,6-7,16H2,1-3H3. The molecule has 0 amide bonds. The van der Waals surface area contributed by atoms with Crippen LogP contribution in [0.4, 0.5) is 8.78 Å². The Balaban J connectivity index is 3.21. The molecule has 0 saturated heterocycles. The highest BCUT2D eigenvalue weighted by molar-refractivity contribution is 7.89. The summed E-state index contributed by atoms with van der Waals surface area (Å²) in [5.41, 5.74) is 5.55. The van der Waals surface area contributed by atoms with Crippen LogP contribution in [-0.2, 0) is 21.3 Å². The summed E-state index contributed by atoms with van der Waals surface area (Å²) in [6, 6.07) is 1.36. The van der Waals surface area contributed by atoms with Gasteiger partial charge in [-0.25, -0.2) is 21.9 Å². The molecule has 0 aromatic heterocycles. The first-order valence-corrected chi connectivity index (χ1v) is 7.90. The summed E-state index contributed by atoms with van der Waals surface area (Å²) in [7, 11) is -2.78. The van der Waals surface area contributed by atoms with E-state index >= 15 is 0 Å². The van der Waals surface area contributed by atoms with Crippen molar-refractivity contribution in [3.63, 3.8) is 0 Å². The fraction of sp³-hybridized carbons (Fsp3) is 0.538. The summed E-state index contributed by atoms with van der Waals surface area (Å²) in [5, 5.41) is 0. The first-order chi connectivity index (χ1) is 9.72. The number of rotatable bonds is 7. The van der Waals surface area contributed by atoms with E-state index in [0.29, 0.717) is 0 Å². The fourth-order valence-corrected chi connectivity index (χ4v) is 3.24. The summed E-state index contributed by atoms with van der Waals surface area (Å²) in [6.45, 7) is 3.61. The maximum Gasteiger partial charge on any atom is 0.243 e. The molecule has 0 aliphatic heterocycles. The second-order valence-corrected chi connectivity index (χ2v) is 6.70. The normalized spacial score (nSPS) is 13.7. The van der Waals surface area contributed by atoms with Gasteiger partial charge in [-0.1, -0.05) is 13.8 Å². The average molecular weight is 322 g/mol. The molecule has 5 nitrogen and oxygen atoms in total. The quantitative estimate of drug-likeness (QED) is 0.794. The van der Waals surface area contributed by atoms with Crippen LogP contribution in [0.1, 0.15) is 19.4 Å². The Labute approximate surface area is 123 Å². The van der Waals surface area contributed by atoms with Crippen LogP contribution in [0.25, 0.3) is 0 Å². The molecule has 0 radical (unpaired) electrons. The van der Waals surface area contributed by atoms with Gasteiger partial charge in [-0.05, 0) is 23.6 Å². The van der Waals surface area contributed by atoms with Crippen molar-refractivity contribution in [3.8, 4) is 0 Å². The number of nitrogens with one attached hydrogen (secondary N) is 1. The van der Waals surface area contributed by atoms with Crippen molar-refractivity contribution in [2.75, 3.05) is 13.7 Å². The van der Waals surface area contributed by atoms with Crippen LogP contribution in [0, 0.1) is 17.6 Å². The zero-order valence-corrected chi connectivity index (χ0v) is 13.0. The van der Waals surface area contributed by atoms with Crippen molar-refractivity contribution in [3.05, 3.63) is 29.3 Å². The molecule has 1 atom stereocenters. The van der Waals surface area contributed by atoms with Crippen LogP contribution >= 0.6 is 0 Å². The van der Waals surface area contributed by atoms with Crippen molar-refractivity contribution in [2.24, 2.45) is 11.7 Å². The molecule has 0 spiro atoms. The van der Waals surface area contributed by atoms with Gasteiger partial charge in [-0.15, -0.1) is 0 Å². The summed E-state index contributed by atoms with van der Waals surface area (Å²) < 4.78 is 59.0. The van der Waals surface area contributed by atoms with E-state index in [-0.39, 0.29) is 24.6 Å². The van der Waals surface area contributed by atoms with Gasteiger partial charge < -0.3 is 10.5 Å². The predicted molar refractivity (Wildman–Crippen MR) is 75.1 cm³/mol. The molecule has 0 aliphatic rings. The molecule has 0 saturated carbocycles. The molecule has 8 heteroatoms. The molecule has 0 fully saturated rings. The van der Waals surface area contributed by atoms with E-state index in [1.54, 1.807) is 13.8 Å². The molecule has 120 valence electrons. The van der Waals surface area contributed by atoms with E-state index in [4.69, 9.17) is 10.5 Å². The van der Waals surface area contributed by atoms with Crippen LogP contribution in [0.5, 0.6) is 0 Å². The van der Waals surface area contributed by atoms with Crippen molar-refractivity contribution < 1.29 is 21.9 Å². The minimum atomic E-state index is -4.21. The van der Waals surface area contributed by atoms with Crippen LogP contribution < -0.4 is 10.5 Å². The zero-order chi connectivity index (χ0) is 16.2. The molecule has 3 N–H and O–H groups in total. The molecular weight excluding hydrogens is 302 g/mol. The van der Waals surface area contributed by atoms with E-state index in [1.165, 1.54) is 7.11 Å². The van der Waals surface area contributed by atoms with Gasteiger partial charge in [0.15, 0.2) is 11.6 Å². The Morgan fingerprint density at radius 2 is 1.95 bits per heavy atom. The Morgan fingerprint density at radius 1 is 1.33 bits per heavy atom. The number of hydrogen-bond donors (Lipinski definition) is 2. The van der Waals surface area contributed by atoms with Crippen LogP contribution in [0.2, 0.25) is 0 Å². The number of methoxy groups -OCH3 is 1. The lowest BCUT2D eigenvalue weighted by atomic mass is 10.1. The van der Waals surface area contributed by atoms with Crippen LogP contribution in [-0.4, -0.2) is 28.2 Å². The third-order valence-electron chi connectivity index (χ3n) is 3.04. The highest BCUT2D eigenvalue weighted by Gasteiger charge is 2.27. The minimum absolute atomic E-state index is 0.0784. The van der Waals surface area contributed by atoms with Gasteiger partial charge in [0.05, 0.1) is 6.61 Å². The van der Waals surface area contributed by atoms with Crippen LogP contribution in [0.15, 0.2) is 17.0 Å². The van der Waals surface area contributed by atoms with Crippen LogP contribution in [0.3, 0.4) is 0 Å². The third-order valence-corrected chi connectivity index (χ3v) is 4.53. The summed E-state index contributed by atoms with van der Waals surface area (Å²) >= 11 is 0. The lowest BCUT2D eigenvalue weighted by Crippen LogP contribution is -2.42. The minimum Gasteiger partial charge on any atom is -0.383 e. The van der Waals surface area contributed by atoms with Gasteiger partial charge in [0.25, 0.3) is 0 Å². The molecule has 0 bridgehead atoms. The number of sulfonamides is 1. The van der Waals surface area contributed by atoms with Gasteiger partial charge in [-0.2, -0.15) is 0 Å². The SMILES string of the molecule is COCC(NS(=O)(=O)c1cc(CN)cc(F)c1F)C(C)C. The second kappa shape index (κ2) is 7.26. The Bertz CT molecular complexity index is 591. The average Bonchev–Trinajstić information content (AvgIpc) is 2.40. The second-order valence-electron chi connectivity index (χ2n) is 5.02. The van der Waals surface area contributed by atoms with Gasteiger partial charge in [0.2, 0.25) is 10.0 Å². The molecule has 1 unspecified atom stereocenters. The Hall–Kier alpha value is -1.09. The van der Waals surface area contributed by atoms with Crippen molar-refractivity contribution >= 4 is 10.0 Å². The highest BCUT2D eigenvalue weighted by Crippen LogP contribution is 2.20. The monoisotopic (exact) mass is 322 g/mol. The van der Waals surface area contributed by atoms with Crippen molar-refractivity contribution in [2.45, 2.75) is 31.3 Å². The van der Waals surface area contributed by atoms with E-state index in [1.807, 2.05) is 0 Å². The number of nitrogens with two attached hydrogens (primary N) is 1. The summed E-state index contributed by atoms with van der Waals surface area (Å²) in [5.74, 6) is -2.74.